The van der Waals surface area contributed by atoms with Crippen LogP contribution in [0.1, 0.15) is 75.8 Å². The molecule has 1 aromatic rings. The summed E-state index contributed by atoms with van der Waals surface area (Å²) in [5, 5.41) is 4.86. The van der Waals surface area contributed by atoms with E-state index in [1.807, 2.05) is 11.3 Å². The zero-order valence-corrected chi connectivity index (χ0v) is 14.5. The van der Waals surface area contributed by atoms with Crippen LogP contribution in [-0.2, 0) is 6.54 Å². The van der Waals surface area contributed by atoms with Crippen LogP contribution in [0.4, 0.5) is 5.13 Å². The summed E-state index contributed by atoms with van der Waals surface area (Å²) in [6, 6.07) is 1.19. The summed E-state index contributed by atoms with van der Waals surface area (Å²) < 4.78 is 0. The Hall–Kier alpha value is -0.610. The van der Waals surface area contributed by atoms with Gasteiger partial charge < -0.3 is 10.2 Å². The molecule has 0 aromatic carbocycles. The molecule has 0 bridgehead atoms. The molecule has 2 fully saturated rings. The van der Waals surface area contributed by atoms with Gasteiger partial charge in [-0.05, 0) is 32.6 Å². The van der Waals surface area contributed by atoms with Gasteiger partial charge in [0.2, 0.25) is 0 Å². The lowest BCUT2D eigenvalue weighted by Gasteiger charge is -2.26. The predicted molar refractivity (Wildman–Crippen MR) is 91.3 cm³/mol. The maximum atomic E-state index is 5.07. The molecular formula is C17H29N3S. The lowest BCUT2D eigenvalue weighted by atomic mass is 10.1. The Labute approximate surface area is 133 Å². The van der Waals surface area contributed by atoms with Crippen molar-refractivity contribution in [2.75, 3.05) is 11.4 Å². The topological polar surface area (TPSA) is 28.2 Å². The van der Waals surface area contributed by atoms with Crippen LogP contribution in [0.3, 0.4) is 0 Å². The van der Waals surface area contributed by atoms with Crippen LogP contribution in [0.2, 0.25) is 0 Å². The number of hydrogen-bond donors (Lipinski definition) is 1. The first-order valence-corrected chi connectivity index (χ1v) is 9.46. The van der Waals surface area contributed by atoms with E-state index in [4.69, 9.17) is 4.98 Å². The predicted octanol–water partition coefficient (Wildman–Crippen LogP) is 4.29. The normalized spacial score (nSPS) is 23.6. The molecule has 0 radical (unpaired) electrons. The van der Waals surface area contributed by atoms with E-state index in [1.165, 1.54) is 60.8 Å². The molecule has 1 aromatic heterocycles. The summed E-state index contributed by atoms with van der Waals surface area (Å²) in [7, 11) is 0. The Morgan fingerprint density at radius 3 is 2.76 bits per heavy atom. The second kappa shape index (κ2) is 6.66. The molecule has 0 spiro atoms. The van der Waals surface area contributed by atoms with Crippen LogP contribution in [0.15, 0.2) is 0 Å². The van der Waals surface area contributed by atoms with Gasteiger partial charge in [-0.1, -0.05) is 26.7 Å². The number of rotatable bonds is 5. The highest BCUT2D eigenvalue weighted by molar-refractivity contribution is 7.15. The minimum absolute atomic E-state index is 0.541. The third kappa shape index (κ3) is 3.78. The summed E-state index contributed by atoms with van der Waals surface area (Å²) in [6.45, 7) is 8.99. The first-order chi connectivity index (χ1) is 10.1. The van der Waals surface area contributed by atoms with E-state index < -0.39 is 0 Å². The third-order valence-corrected chi connectivity index (χ3v) is 5.76. The van der Waals surface area contributed by atoms with Crippen molar-refractivity contribution in [2.24, 2.45) is 0 Å². The van der Waals surface area contributed by atoms with Crippen molar-refractivity contribution in [2.45, 2.75) is 83.8 Å². The van der Waals surface area contributed by atoms with Gasteiger partial charge in [0.05, 0.1) is 5.69 Å². The zero-order valence-electron chi connectivity index (χ0n) is 13.7. The molecule has 0 amide bonds. The van der Waals surface area contributed by atoms with Crippen LogP contribution < -0.4 is 10.2 Å². The Morgan fingerprint density at radius 1 is 1.24 bits per heavy atom. The van der Waals surface area contributed by atoms with Gasteiger partial charge >= 0.3 is 0 Å². The second-order valence-corrected chi connectivity index (χ2v) is 8.07. The van der Waals surface area contributed by atoms with Crippen LogP contribution in [0.25, 0.3) is 0 Å². The molecule has 2 heterocycles. The van der Waals surface area contributed by atoms with E-state index in [9.17, 15) is 0 Å². The minimum atomic E-state index is 0.541. The molecule has 118 valence electrons. The molecule has 4 heteroatoms. The van der Waals surface area contributed by atoms with Crippen LogP contribution in [-0.4, -0.2) is 23.6 Å². The van der Waals surface area contributed by atoms with E-state index in [-0.39, 0.29) is 0 Å². The van der Waals surface area contributed by atoms with E-state index in [1.54, 1.807) is 0 Å². The third-order valence-electron chi connectivity index (χ3n) is 4.65. The number of thiazole rings is 1. The van der Waals surface area contributed by atoms with Crippen molar-refractivity contribution in [3.05, 3.63) is 10.6 Å². The molecular weight excluding hydrogens is 278 g/mol. The van der Waals surface area contributed by atoms with Gasteiger partial charge in [0.1, 0.15) is 0 Å². The fourth-order valence-corrected chi connectivity index (χ4v) is 4.36. The number of hydrogen-bond acceptors (Lipinski definition) is 4. The average molecular weight is 308 g/mol. The molecule has 21 heavy (non-hydrogen) atoms. The average Bonchev–Trinajstić information content (AvgIpc) is 3.23. The number of anilines is 1. The fraction of sp³-hybridized carbons (Fsp3) is 0.824. The van der Waals surface area contributed by atoms with Crippen molar-refractivity contribution in [1.82, 2.24) is 10.3 Å². The van der Waals surface area contributed by atoms with E-state index >= 15 is 0 Å². The molecule has 2 aliphatic rings. The van der Waals surface area contributed by atoms with Crippen LogP contribution in [0.5, 0.6) is 0 Å². The highest BCUT2D eigenvalue weighted by Gasteiger charge is 2.31. The Bertz CT molecular complexity index is 465. The van der Waals surface area contributed by atoms with Crippen molar-refractivity contribution in [3.8, 4) is 0 Å². The molecule has 1 aliphatic carbocycles. The van der Waals surface area contributed by atoms with Gasteiger partial charge in [0.25, 0.3) is 0 Å². The van der Waals surface area contributed by atoms with Gasteiger partial charge in [-0.2, -0.15) is 0 Å². The number of aromatic nitrogens is 1. The first-order valence-electron chi connectivity index (χ1n) is 8.64. The minimum Gasteiger partial charge on any atom is -0.345 e. The van der Waals surface area contributed by atoms with Gasteiger partial charge in [-0.3, -0.25) is 0 Å². The Kier molecular flexibility index (Phi) is 4.85. The molecule has 3 rings (SSSR count). The maximum Gasteiger partial charge on any atom is 0.186 e. The van der Waals surface area contributed by atoms with Gasteiger partial charge in [-0.15, -0.1) is 11.3 Å². The van der Waals surface area contributed by atoms with Gasteiger partial charge in [0, 0.05) is 36.0 Å². The lowest BCUT2D eigenvalue weighted by Crippen LogP contribution is -2.32. The van der Waals surface area contributed by atoms with Crippen LogP contribution >= 0.6 is 11.3 Å². The highest BCUT2D eigenvalue weighted by Crippen LogP contribution is 2.44. The SMILES string of the molecule is CC(C)NCc1sc(N2CCCCCC2C)nc1C1CC1. The number of nitrogens with one attached hydrogen (secondary N) is 1. The summed E-state index contributed by atoms with van der Waals surface area (Å²) in [6.07, 6.45) is 8.07. The molecule has 1 saturated carbocycles. The molecule has 1 N–H and O–H groups in total. The summed E-state index contributed by atoms with van der Waals surface area (Å²) in [5.74, 6) is 0.751. The van der Waals surface area contributed by atoms with Crippen molar-refractivity contribution >= 4 is 16.5 Å². The molecule has 1 unspecified atom stereocenters. The van der Waals surface area contributed by atoms with E-state index in [2.05, 4.69) is 31.0 Å². The van der Waals surface area contributed by atoms with Gasteiger partial charge in [-0.25, -0.2) is 4.98 Å². The van der Waals surface area contributed by atoms with Crippen molar-refractivity contribution < 1.29 is 0 Å². The monoisotopic (exact) mass is 307 g/mol. The maximum absolute atomic E-state index is 5.07. The highest BCUT2D eigenvalue weighted by atomic mass is 32.1. The van der Waals surface area contributed by atoms with Crippen LogP contribution in [0, 0.1) is 0 Å². The largest absolute Gasteiger partial charge is 0.345 e. The standard InChI is InChI=1S/C17H29N3S/c1-12(2)18-11-15-16(14-8-9-14)19-17(21-15)20-10-6-4-5-7-13(20)3/h12-14,18H,4-11H2,1-3H3. The quantitative estimate of drug-likeness (QED) is 0.879. The number of nitrogens with zero attached hydrogens (tertiary/aromatic N) is 2. The second-order valence-electron chi connectivity index (χ2n) is 7.01. The first kappa shape index (κ1) is 15.3. The molecule has 1 aliphatic heterocycles. The van der Waals surface area contributed by atoms with Gasteiger partial charge in [0.15, 0.2) is 5.13 Å². The fourth-order valence-electron chi connectivity index (χ4n) is 3.13. The smallest absolute Gasteiger partial charge is 0.186 e. The van der Waals surface area contributed by atoms with E-state index in [0.717, 1.165) is 12.5 Å². The summed E-state index contributed by atoms with van der Waals surface area (Å²) in [4.78, 5) is 9.13. The molecule has 3 nitrogen and oxygen atoms in total. The lowest BCUT2D eigenvalue weighted by molar-refractivity contribution is 0.590. The summed E-state index contributed by atoms with van der Waals surface area (Å²) in [5.41, 5.74) is 1.40. The van der Waals surface area contributed by atoms with Crippen molar-refractivity contribution in [1.29, 1.82) is 0 Å². The molecule has 1 saturated heterocycles. The van der Waals surface area contributed by atoms with Crippen molar-refractivity contribution in [3.63, 3.8) is 0 Å². The Balaban J connectivity index is 1.79. The Morgan fingerprint density at radius 2 is 2.05 bits per heavy atom. The zero-order chi connectivity index (χ0) is 14.8. The van der Waals surface area contributed by atoms with E-state index in [0.29, 0.717) is 12.1 Å². The summed E-state index contributed by atoms with van der Waals surface area (Å²) >= 11 is 1.94. The molecule has 1 atom stereocenters.